The van der Waals surface area contributed by atoms with Crippen LogP contribution in [0.1, 0.15) is 33.9 Å². The highest BCUT2D eigenvalue weighted by Crippen LogP contribution is 2.20. The van der Waals surface area contributed by atoms with Crippen LogP contribution in [0.4, 0.5) is 0 Å². The summed E-state index contributed by atoms with van der Waals surface area (Å²) in [6.07, 6.45) is 0.905. The molecule has 2 nitrogen and oxygen atoms in total. The quantitative estimate of drug-likeness (QED) is 0.648. The van der Waals surface area contributed by atoms with Gasteiger partial charge in [-0.25, -0.2) is 0 Å². The molecule has 1 atom stereocenters. The lowest BCUT2D eigenvalue weighted by Crippen LogP contribution is -2.29. The molecule has 0 radical (unpaired) electrons. The molecule has 0 saturated carbocycles. The van der Waals surface area contributed by atoms with Gasteiger partial charge in [0.2, 0.25) is 0 Å². The van der Waals surface area contributed by atoms with Gasteiger partial charge in [-0.1, -0.05) is 59.2 Å². The molecule has 0 saturated heterocycles. The Morgan fingerprint density at radius 3 is 2.21 bits per heavy atom. The Bertz CT molecular complexity index is 541. The topological polar surface area (TPSA) is 38.0 Å². The van der Waals surface area contributed by atoms with E-state index in [0.717, 1.165) is 6.42 Å². The van der Waals surface area contributed by atoms with Gasteiger partial charge < -0.3 is 0 Å². The van der Waals surface area contributed by atoms with Crippen LogP contribution in [0.2, 0.25) is 0 Å². The number of hydrogen-bond acceptors (Lipinski definition) is 2. The number of nitrogens with two attached hydrogens (primary N) is 1. The largest absolute Gasteiger partial charge is 0.271 e. The second-order valence-electron chi connectivity index (χ2n) is 5.33. The number of aryl methyl sites for hydroxylation is 3. The summed E-state index contributed by atoms with van der Waals surface area (Å²) >= 11 is 0. The van der Waals surface area contributed by atoms with E-state index >= 15 is 0 Å². The highest BCUT2D eigenvalue weighted by molar-refractivity contribution is 5.31. The van der Waals surface area contributed by atoms with Crippen LogP contribution in [0.15, 0.2) is 42.5 Å². The van der Waals surface area contributed by atoms with E-state index in [-0.39, 0.29) is 6.04 Å². The molecule has 19 heavy (non-hydrogen) atoms. The first kappa shape index (κ1) is 13.8. The Kier molecular flexibility index (Phi) is 4.35. The molecule has 100 valence electrons. The Balaban J connectivity index is 2.23. The van der Waals surface area contributed by atoms with Crippen LogP contribution in [-0.4, -0.2) is 0 Å². The summed E-state index contributed by atoms with van der Waals surface area (Å²) in [5.41, 5.74) is 9.36. The van der Waals surface area contributed by atoms with Crippen molar-refractivity contribution in [2.75, 3.05) is 0 Å². The van der Waals surface area contributed by atoms with Crippen molar-refractivity contribution in [3.05, 3.63) is 70.3 Å². The van der Waals surface area contributed by atoms with E-state index < -0.39 is 0 Å². The number of nitrogens with one attached hydrogen (secondary N) is 1. The van der Waals surface area contributed by atoms with Gasteiger partial charge >= 0.3 is 0 Å². The van der Waals surface area contributed by atoms with Gasteiger partial charge in [-0.3, -0.25) is 11.3 Å². The van der Waals surface area contributed by atoms with Crippen molar-refractivity contribution < 1.29 is 0 Å². The molecule has 0 aromatic heterocycles. The molecule has 0 amide bonds. The minimum absolute atomic E-state index is 0.154. The Morgan fingerprint density at radius 1 is 0.947 bits per heavy atom. The minimum Gasteiger partial charge on any atom is -0.271 e. The molecule has 0 spiro atoms. The lowest BCUT2D eigenvalue weighted by Gasteiger charge is -2.17. The van der Waals surface area contributed by atoms with E-state index in [1.165, 1.54) is 27.8 Å². The van der Waals surface area contributed by atoms with Crippen molar-refractivity contribution >= 4 is 0 Å². The zero-order chi connectivity index (χ0) is 13.8. The third-order valence-electron chi connectivity index (χ3n) is 3.37. The van der Waals surface area contributed by atoms with Crippen LogP contribution in [0.25, 0.3) is 0 Å². The van der Waals surface area contributed by atoms with Gasteiger partial charge in [0.05, 0.1) is 0 Å². The average Bonchev–Trinajstić information content (AvgIpc) is 2.34. The fraction of sp³-hybridized carbons (Fsp3) is 0.294. The van der Waals surface area contributed by atoms with Crippen molar-refractivity contribution in [2.45, 2.75) is 33.2 Å². The smallest absolute Gasteiger partial charge is 0.0500 e. The summed E-state index contributed by atoms with van der Waals surface area (Å²) in [5.74, 6) is 5.73. The molecule has 0 heterocycles. The van der Waals surface area contributed by atoms with E-state index in [1.54, 1.807) is 0 Å². The van der Waals surface area contributed by atoms with Gasteiger partial charge in [0.15, 0.2) is 0 Å². The monoisotopic (exact) mass is 254 g/mol. The van der Waals surface area contributed by atoms with Gasteiger partial charge in [-0.2, -0.15) is 0 Å². The molecule has 2 heteroatoms. The average molecular weight is 254 g/mol. The molecule has 1 unspecified atom stereocenters. The summed E-state index contributed by atoms with van der Waals surface area (Å²) < 4.78 is 0. The summed E-state index contributed by atoms with van der Waals surface area (Å²) in [7, 11) is 0. The zero-order valence-electron chi connectivity index (χ0n) is 11.9. The van der Waals surface area contributed by atoms with Crippen molar-refractivity contribution in [2.24, 2.45) is 5.84 Å². The van der Waals surface area contributed by atoms with Gasteiger partial charge in [0.1, 0.15) is 0 Å². The van der Waals surface area contributed by atoms with Crippen LogP contribution >= 0.6 is 0 Å². The molecule has 0 aliphatic carbocycles. The van der Waals surface area contributed by atoms with E-state index in [9.17, 15) is 0 Å². The highest BCUT2D eigenvalue weighted by Gasteiger charge is 2.11. The van der Waals surface area contributed by atoms with E-state index in [0.29, 0.717) is 0 Å². The molecule has 0 bridgehead atoms. The molecule has 3 N–H and O–H groups in total. The second-order valence-corrected chi connectivity index (χ2v) is 5.33. The normalized spacial score (nSPS) is 12.4. The molecular formula is C17H22N2. The number of hydrazine groups is 1. The second kappa shape index (κ2) is 6.00. The number of hydrogen-bond donors (Lipinski definition) is 2. The molecule has 0 aliphatic rings. The SMILES string of the molecule is Cc1cc(C)cc(CC(NN)c2cccc(C)c2)c1. The summed E-state index contributed by atoms with van der Waals surface area (Å²) in [5, 5.41) is 0. The number of benzene rings is 2. The summed E-state index contributed by atoms with van der Waals surface area (Å²) in [6, 6.07) is 15.3. The maximum absolute atomic E-state index is 5.73. The molecule has 0 fully saturated rings. The van der Waals surface area contributed by atoms with E-state index in [4.69, 9.17) is 5.84 Å². The van der Waals surface area contributed by atoms with Gasteiger partial charge in [-0.15, -0.1) is 0 Å². The van der Waals surface area contributed by atoms with Crippen molar-refractivity contribution in [1.82, 2.24) is 5.43 Å². The third kappa shape index (κ3) is 3.66. The van der Waals surface area contributed by atoms with Crippen LogP contribution in [-0.2, 0) is 6.42 Å². The summed E-state index contributed by atoms with van der Waals surface area (Å²) in [6.45, 7) is 6.37. The number of rotatable bonds is 4. The maximum Gasteiger partial charge on any atom is 0.0500 e. The molecule has 0 aliphatic heterocycles. The Morgan fingerprint density at radius 2 is 1.63 bits per heavy atom. The maximum atomic E-state index is 5.73. The molecular weight excluding hydrogens is 232 g/mol. The van der Waals surface area contributed by atoms with Gasteiger partial charge in [0, 0.05) is 6.04 Å². The Labute approximate surface area is 115 Å². The minimum atomic E-state index is 0.154. The first-order chi connectivity index (χ1) is 9.08. The van der Waals surface area contributed by atoms with Crippen molar-refractivity contribution in [1.29, 1.82) is 0 Å². The fourth-order valence-electron chi connectivity index (χ4n) is 2.58. The molecule has 2 rings (SSSR count). The lowest BCUT2D eigenvalue weighted by molar-refractivity contribution is 0.551. The third-order valence-corrected chi connectivity index (χ3v) is 3.37. The fourth-order valence-corrected chi connectivity index (χ4v) is 2.58. The first-order valence-corrected chi connectivity index (χ1v) is 6.68. The van der Waals surface area contributed by atoms with Crippen LogP contribution in [0, 0.1) is 20.8 Å². The van der Waals surface area contributed by atoms with Crippen LogP contribution in [0.5, 0.6) is 0 Å². The van der Waals surface area contributed by atoms with Crippen LogP contribution in [0.3, 0.4) is 0 Å². The van der Waals surface area contributed by atoms with Gasteiger partial charge in [-0.05, 0) is 38.3 Å². The first-order valence-electron chi connectivity index (χ1n) is 6.68. The van der Waals surface area contributed by atoms with Crippen LogP contribution < -0.4 is 11.3 Å². The highest BCUT2D eigenvalue weighted by atomic mass is 15.2. The predicted molar refractivity (Wildman–Crippen MR) is 80.9 cm³/mol. The van der Waals surface area contributed by atoms with E-state index in [1.807, 2.05) is 0 Å². The summed E-state index contributed by atoms with van der Waals surface area (Å²) in [4.78, 5) is 0. The molecule has 2 aromatic rings. The van der Waals surface area contributed by atoms with Gasteiger partial charge in [0.25, 0.3) is 0 Å². The lowest BCUT2D eigenvalue weighted by atomic mass is 9.96. The molecule has 2 aromatic carbocycles. The zero-order valence-corrected chi connectivity index (χ0v) is 11.9. The Hall–Kier alpha value is -1.64. The van der Waals surface area contributed by atoms with E-state index in [2.05, 4.69) is 68.7 Å². The predicted octanol–water partition coefficient (Wildman–Crippen LogP) is 3.36. The standard InChI is InChI=1S/C17H22N2/c1-12-5-4-6-16(10-12)17(19-18)11-15-8-13(2)7-14(3)9-15/h4-10,17,19H,11,18H2,1-3H3. The van der Waals surface area contributed by atoms with Crippen molar-refractivity contribution in [3.63, 3.8) is 0 Å². The van der Waals surface area contributed by atoms with Crippen molar-refractivity contribution in [3.8, 4) is 0 Å².